The van der Waals surface area contributed by atoms with Crippen LogP contribution in [0.25, 0.3) is 0 Å². The molecule has 1 N–H and O–H groups in total. The van der Waals surface area contributed by atoms with E-state index in [2.05, 4.69) is 17.1 Å². The summed E-state index contributed by atoms with van der Waals surface area (Å²) in [5, 5.41) is 4.01. The van der Waals surface area contributed by atoms with Crippen molar-refractivity contribution in [2.75, 3.05) is 19.7 Å². The zero-order chi connectivity index (χ0) is 21.4. The molecule has 0 bridgehead atoms. The van der Waals surface area contributed by atoms with E-state index in [-0.39, 0.29) is 16.7 Å². The summed E-state index contributed by atoms with van der Waals surface area (Å²) in [4.78, 5) is 12.6. The molecule has 3 rings (SSSR count). The summed E-state index contributed by atoms with van der Waals surface area (Å²) in [6, 6.07) is 15.6. The van der Waals surface area contributed by atoms with E-state index in [0.29, 0.717) is 32.5 Å². The number of carbonyl (C=O) groups excluding carboxylic acids is 1. The molecule has 0 spiro atoms. The molecule has 2 aromatic carbocycles. The van der Waals surface area contributed by atoms with Crippen LogP contribution < -0.4 is 10.2 Å². The van der Waals surface area contributed by atoms with Gasteiger partial charge in [-0.25, -0.2) is 13.8 Å². The first-order valence-electron chi connectivity index (χ1n) is 9.72. The third-order valence-electron chi connectivity index (χ3n) is 4.84. The zero-order valence-electron chi connectivity index (χ0n) is 16.6. The fourth-order valence-corrected chi connectivity index (χ4v) is 4.66. The summed E-state index contributed by atoms with van der Waals surface area (Å²) in [5.74, 6) is 0.265. The van der Waals surface area contributed by atoms with Gasteiger partial charge in [0.15, 0.2) is 0 Å². The molecule has 0 unspecified atom stereocenters. The van der Waals surface area contributed by atoms with Crippen molar-refractivity contribution in [3.63, 3.8) is 0 Å². The van der Waals surface area contributed by atoms with Crippen molar-refractivity contribution in [2.24, 2.45) is 11.0 Å². The molecule has 8 heteroatoms. The maximum atomic E-state index is 12.7. The standard InChI is InChI=1S/C22H25N3O4S/c1-2-16-29-20-10-8-18(9-11-20)17-23-24-22(26)19-12-14-25(15-13-19)30(27,28)21-6-4-3-5-7-21/h2-11,17,19H,1,12-16H2,(H,24,26)/b23-17-. The molecule has 1 heterocycles. The van der Waals surface area contributed by atoms with E-state index in [9.17, 15) is 13.2 Å². The van der Waals surface area contributed by atoms with Crippen LogP contribution in [0.5, 0.6) is 5.75 Å². The Bertz CT molecular complexity index is 981. The number of sulfonamides is 1. The van der Waals surface area contributed by atoms with Crippen LogP contribution in [0.3, 0.4) is 0 Å². The Hall–Kier alpha value is -2.97. The van der Waals surface area contributed by atoms with Crippen LogP contribution >= 0.6 is 0 Å². The molecule has 1 aliphatic rings. The van der Waals surface area contributed by atoms with E-state index >= 15 is 0 Å². The maximum absolute atomic E-state index is 12.7. The monoisotopic (exact) mass is 427 g/mol. The van der Waals surface area contributed by atoms with Crippen molar-refractivity contribution in [1.29, 1.82) is 0 Å². The predicted molar refractivity (Wildman–Crippen MR) is 116 cm³/mol. The largest absolute Gasteiger partial charge is 0.490 e. The Labute approximate surface area is 177 Å². The van der Waals surface area contributed by atoms with Gasteiger partial charge in [-0.3, -0.25) is 4.79 Å². The second kappa shape index (κ2) is 10.2. The molecule has 1 amide bonds. The van der Waals surface area contributed by atoms with Gasteiger partial charge in [-0.15, -0.1) is 0 Å². The van der Waals surface area contributed by atoms with Gasteiger partial charge in [0.25, 0.3) is 0 Å². The molecule has 0 atom stereocenters. The van der Waals surface area contributed by atoms with E-state index in [1.807, 2.05) is 24.3 Å². The highest BCUT2D eigenvalue weighted by atomic mass is 32.2. The van der Waals surface area contributed by atoms with Gasteiger partial charge < -0.3 is 4.74 Å². The summed E-state index contributed by atoms with van der Waals surface area (Å²) in [7, 11) is -3.52. The number of amides is 1. The first-order chi connectivity index (χ1) is 14.5. The SMILES string of the molecule is C=CCOc1ccc(/C=N\NC(=O)C2CCN(S(=O)(=O)c3ccccc3)CC2)cc1. The molecule has 0 aliphatic carbocycles. The van der Waals surface area contributed by atoms with Crippen LogP contribution in [0, 0.1) is 5.92 Å². The number of hydrogen-bond donors (Lipinski definition) is 1. The second-order valence-corrected chi connectivity index (χ2v) is 8.83. The van der Waals surface area contributed by atoms with Crippen molar-refractivity contribution in [1.82, 2.24) is 9.73 Å². The van der Waals surface area contributed by atoms with Crippen LogP contribution in [-0.2, 0) is 14.8 Å². The van der Waals surface area contributed by atoms with Gasteiger partial charge in [-0.1, -0.05) is 30.9 Å². The van der Waals surface area contributed by atoms with Gasteiger partial charge in [0.05, 0.1) is 11.1 Å². The highest BCUT2D eigenvalue weighted by Crippen LogP contribution is 2.23. The summed E-state index contributed by atoms with van der Waals surface area (Å²) >= 11 is 0. The van der Waals surface area contributed by atoms with Crippen LogP contribution in [0.4, 0.5) is 0 Å². The highest BCUT2D eigenvalue weighted by molar-refractivity contribution is 7.89. The number of hydrogen-bond acceptors (Lipinski definition) is 5. The zero-order valence-corrected chi connectivity index (χ0v) is 17.4. The summed E-state index contributed by atoms with van der Waals surface area (Å²) in [6.45, 7) is 4.66. The molecule has 1 saturated heterocycles. The minimum Gasteiger partial charge on any atom is -0.490 e. The molecular formula is C22H25N3O4S. The average molecular weight is 428 g/mol. The van der Waals surface area contributed by atoms with E-state index in [1.165, 1.54) is 4.31 Å². The van der Waals surface area contributed by atoms with Gasteiger partial charge in [-0.2, -0.15) is 9.41 Å². The Morgan fingerprint density at radius 2 is 1.80 bits per heavy atom. The van der Waals surface area contributed by atoms with E-state index in [0.717, 1.165) is 11.3 Å². The lowest BCUT2D eigenvalue weighted by molar-refractivity contribution is -0.126. The highest BCUT2D eigenvalue weighted by Gasteiger charge is 2.31. The number of rotatable bonds is 8. The van der Waals surface area contributed by atoms with Gasteiger partial charge in [0.1, 0.15) is 12.4 Å². The summed E-state index contributed by atoms with van der Waals surface area (Å²) < 4.78 is 32.2. The minimum atomic E-state index is -3.52. The summed E-state index contributed by atoms with van der Waals surface area (Å²) in [6.07, 6.45) is 4.15. The third kappa shape index (κ3) is 5.55. The van der Waals surface area contributed by atoms with E-state index < -0.39 is 10.0 Å². The molecule has 2 aromatic rings. The maximum Gasteiger partial charge on any atom is 0.243 e. The number of nitrogens with one attached hydrogen (secondary N) is 1. The number of ether oxygens (including phenoxy) is 1. The fourth-order valence-electron chi connectivity index (χ4n) is 3.17. The Kier molecular flexibility index (Phi) is 7.37. The Balaban J connectivity index is 1.48. The predicted octanol–water partition coefficient (Wildman–Crippen LogP) is 2.80. The lowest BCUT2D eigenvalue weighted by Gasteiger charge is -2.30. The lowest BCUT2D eigenvalue weighted by Crippen LogP contribution is -2.42. The number of carbonyl (C=O) groups is 1. The molecule has 158 valence electrons. The van der Waals surface area contributed by atoms with Gasteiger partial charge in [0.2, 0.25) is 15.9 Å². The first-order valence-corrected chi connectivity index (χ1v) is 11.2. The Morgan fingerprint density at radius 1 is 1.13 bits per heavy atom. The van der Waals surface area contributed by atoms with Gasteiger partial charge >= 0.3 is 0 Å². The number of hydrazone groups is 1. The van der Waals surface area contributed by atoms with Crippen molar-refractivity contribution >= 4 is 22.1 Å². The summed E-state index contributed by atoms with van der Waals surface area (Å²) in [5.41, 5.74) is 3.38. The van der Waals surface area contributed by atoms with Crippen molar-refractivity contribution in [3.05, 3.63) is 72.8 Å². The van der Waals surface area contributed by atoms with E-state index in [4.69, 9.17) is 4.74 Å². The lowest BCUT2D eigenvalue weighted by atomic mass is 9.98. The van der Waals surface area contributed by atoms with E-state index in [1.54, 1.807) is 42.6 Å². The molecule has 30 heavy (non-hydrogen) atoms. The Morgan fingerprint density at radius 3 is 2.43 bits per heavy atom. The fraction of sp³-hybridized carbons (Fsp3) is 0.273. The number of benzene rings is 2. The molecule has 7 nitrogen and oxygen atoms in total. The topological polar surface area (TPSA) is 88.1 Å². The van der Waals surface area contributed by atoms with Crippen LogP contribution in [0.1, 0.15) is 18.4 Å². The van der Waals surface area contributed by atoms with Crippen molar-refractivity contribution in [2.45, 2.75) is 17.7 Å². The van der Waals surface area contributed by atoms with Gasteiger partial charge in [0, 0.05) is 19.0 Å². The number of nitrogens with zero attached hydrogens (tertiary/aromatic N) is 2. The molecule has 0 radical (unpaired) electrons. The van der Waals surface area contributed by atoms with Crippen molar-refractivity contribution in [3.8, 4) is 5.75 Å². The quantitative estimate of drug-likeness (QED) is 0.399. The average Bonchev–Trinajstić information content (AvgIpc) is 2.79. The van der Waals surface area contributed by atoms with Gasteiger partial charge in [-0.05, 0) is 54.8 Å². The third-order valence-corrected chi connectivity index (χ3v) is 6.75. The minimum absolute atomic E-state index is 0.200. The molecule has 1 aliphatic heterocycles. The number of piperidine rings is 1. The molecule has 1 fully saturated rings. The molecular weight excluding hydrogens is 402 g/mol. The van der Waals surface area contributed by atoms with Crippen LogP contribution in [0.2, 0.25) is 0 Å². The molecule has 0 saturated carbocycles. The van der Waals surface area contributed by atoms with Crippen LogP contribution in [0.15, 0.2) is 77.2 Å². The normalized spacial score (nSPS) is 15.7. The first kappa shape index (κ1) is 21.7. The van der Waals surface area contributed by atoms with Crippen molar-refractivity contribution < 1.29 is 17.9 Å². The second-order valence-electron chi connectivity index (χ2n) is 6.89. The van der Waals surface area contributed by atoms with Crippen LogP contribution in [-0.4, -0.2) is 44.5 Å². The molecule has 0 aromatic heterocycles. The smallest absolute Gasteiger partial charge is 0.243 e.